The number of carbonyl (C=O) groups is 1. The van der Waals surface area contributed by atoms with Crippen LogP contribution < -0.4 is 0 Å². The third-order valence-corrected chi connectivity index (χ3v) is 5.67. The molecule has 1 aliphatic heterocycles. The van der Waals surface area contributed by atoms with Crippen molar-refractivity contribution in [1.29, 1.82) is 0 Å². The molecule has 1 aromatic carbocycles. The minimum atomic E-state index is -3.60. The molecule has 0 aromatic heterocycles. The fourth-order valence-corrected chi connectivity index (χ4v) is 4.46. The van der Waals surface area contributed by atoms with Crippen molar-refractivity contribution in [1.82, 2.24) is 0 Å². The first kappa shape index (κ1) is 15.3. The van der Waals surface area contributed by atoms with Gasteiger partial charge in [0.1, 0.15) is 0 Å². The third kappa shape index (κ3) is 3.50. The van der Waals surface area contributed by atoms with Crippen LogP contribution in [0.25, 0.3) is 0 Å². The molecule has 0 unspecified atom stereocenters. The number of sulfone groups is 1. The average Bonchev–Trinajstić information content (AvgIpc) is 2.39. The summed E-state index contributed by atoms with van der Waals surface area (Å²) in [5.74, 6) is -1.18. The van der Waals surface area contributed by atoms with Crippen LogP contribution in [0, 0.1) is 5.92 Å². The molecule has 0 bridgehead atoms. The van der Waals surface area contributed by atoms with Crippen LogP contribution in [-0.2, 0) is 14.6 Å². The Kier molecular flexibility index (Phi) is 4.67. The van der Waals surface area contributed by atoms with E-state index in [4.69, 9.17) is 21.4 Å². The molecule has 0 spiro atoms. The molecule has 0 amide bonds. The molecular weight excluding hydrogens is 304 g/mol. The maximum atomic E-state index is 12.4. The number of hydrogen-bond donors (Lipinski definition) is 1. The van der Waals surface area contributed by atoms with Crippen LogP contribution >= 0.6 is 11.6 Å². The van der Waals surface area contributed by atoms with E-state index in [2.05, 4.69) is 0 Å². The molecule has 20 heavy (non-hydrogen) atoms. The van der Waals surface area contributed by atoms with Gasteiger partial charge in [0.15, 0.2) is 9.84 Å². The Morgan fingerprint density at radius 2 is 2.00 bits per heavy atom. The highest BCUT2D eigenvalue weighted by atomic mass is 35.5. The highest BCUT2D eigenvalue weighted by Crippen LogP contribution is 2.27. The van der Waals surface area contributed by atoms with E-state index >= 15 is 0 Å². The van der Waals surface area contributed by atoms with Crippen molar-refractivity contribution >= 4 is 27.4 Å². The van der Waals surface area contributed by atoms with Gasteiger partial charge in [-0.2, -0.15) is 0 Å². The molecule has 1 N–H and O–H groups in total. The predicted octanol–water partition coefficient (Wildman–Crippen LogP) is 2.24. The van der Waals surface area contributed by atoms with E-state index in [9.17, 15) is 13.2 Å². The number of carboxylic acid groups (broad SMARTS) is 1. The van der Waals surface area contributed by atoms with Crippen LogP contribution in [0.4, 0.5) is 0 Å². The lowest BCUT2D eigenvalue weighted by Crippen LogP contribution is -2.23. The molecule has 0 radical (unpaired) electrons. The van der Waals surface area contributed by atoms with Gasteiger partial charge in [0.25, 0.3) is 0 Å². The van der Waals surface area contributed by atoms with Crippen molar-refractivity contribution in [3.63, 3.8) is 0 Å². The summed E-state index contributed by atoms with van der Waals surface area (Å²) in [7, 11) is -3.60. The van der Waals surface area contributed by atoms with Crippen LogP contribution in [0.5, 0.6) is 0 Å². The Labute approximate surface area is 122 Å². The maximum Gasteiger partial charge on any atom is 0.335 e. The Bertz CT molecular complexity index is 605. The summed E-state index contributed by atoms with van der Waals surface area (Å²) in [6.07, 6.45) is 1.38. The van der Waals surface area contributed by atoms with Crippen LogP contribution in [0.3, 0.4) is 0 Å². The predicted molar refractivity (Wildman–Crippen MR) is 74.0 cm³/mol. The molecule has 5 nitrogen and oxygen atoms in total. The molecule has 0 atom stereocenters. The van der Waals surface area contributed by atoms with Gasteiger partial charge < -0.3 is 9.84 Å². The molecule has 7 heteroatoms. The van der Waals surface area contributed by atoms with Crippen molar-refractivity contribution in [2.24, 2.45) is 5.92 Å². The lowest BCUT2D eigenvalue weighted by molar-refractivity contribution is 0.0696. The smallest absolute Gasteiger partial charge is 0.335 e. The fraction of sp³-hybridized carbons (Fsp3) is 0.462. The third-order valence-electron chi connectivity index (χ3n) is 3.31. The number of rotatable bonds is 4. The quantitative estimate of drug-likeness (QED) is 0.920. The first-order valence-electron chi connectivity index (χ1n) is 6.23. The summed E-state index contributed by atoms with van der Waals surface area (Å²) < 4.78 is 30.0. The van der Waals surface area contributed by atoms with Crippen LogP contribution in [0.1, 0.15) is 23.2 Å². The van der Waals surface area contributed by atoms with E-state index in [1.165, 1.54) is 12.1 Å². The van der Waals surface area contributed by atoms with E-state index in [0.29, 0.717) is 26.1 Å². The Hall–Kier alpha value is -1.11. The van der Waals surface area contributed by atoms with E-state index in [1.54, 1.807) is 0 Å². The minimum Gasteiger partial charge on any atom is -0.478 e. The first-order chi connectivity index (χ1) is 9.40. The zero-order valence-electron chi connectivity index (χ0n) is 10.7. The number of halogens is 1. The normalized spacial score (nSPS) is 17.1. The van der Waals surface area contributed by atoms with Crippen molar-refractivity contribution in [2.45, 2.75) is 17.7 Å². The van der Waals surface area contributed by atoms with Crippen molar-refractivity contribution in [3.05, 3.63) is 28.8 Å². The second-order valence-electron chi connectivity index (χ2n) is 4.79. The lowest BCUT2D eigenvalue weighted by atomic mass is 10.0. The van der Waals surface area contributed by atoms with Crippen LogP contribution in [0.15, 0.2) is 23.1 Å². The molecule has 0 aliphatic carbocycles. The summed E-state index contributed by atoms with van der Waals surface area (Å²) >= 11 is 5.91. The SMILES string of the molecule is O=C(O)c1ccc(Cl)c(S(=O)(=O)CC2CCOCC2)c1. The van der Waals surface area contributed by atoms with Gasteiger partial charge in [0.2, 0.25) is 0 Å². The minimum absolute atomic E-state index is 0.0262. The van der Waals surface area contributed by atoms with Crippen LogP contribution in [0.2, 0.25) is 5.02 Å². The van der Waals surface area contributed by atoms with Gasteiger partial charge in [-0.3, -0.25) is 0 Å². The summed E-state index contributed by atoms with van der Waals surface area (Å²) in [4.78, 5) is 10.8. The Morgan fingerprint density at radius 1 is 1.35 bits per heavy atom. The zero-order valence-corrected chi connectivity index (χ0v) is 12.3. The van der Waals surface area contributed by atoms with Gasteiger partial charge >= 0.3 is 5.97 Å². The number of benzene rings is 1. The van der Waals surface area contributed by atoms with Gasteiger partial charge in [-0.15, -0.1) is 0 Å². The second kappa shape index (κ2) is 6.11. The first-order valence-corrected chi connectivity index (χ1v) is 8.26. The van der Waals surface area contributed by atoms with Crippen LogP contribution in [-0.4, -0.2) is 38.5 Å². The molecule has 1 aliphatic rings. The molecule has 110 valence electrons. The van der Waals surface area contributed by atoms with Crippen molar-refractivity contribution < 1.29 is 23.1 Å². The van der Waals surface area contributed by atoms with E-state index in [1.807, 2.05) is 0 Å². The number of aromatic carboxylic acids is 1. The van der Waals surface area contributed by atoms with Gasteiger partial charge in [-0.25, -0.2) is 13.2 Å². The molecule has 1 fully saturated rings. The highest BCUT2D eigenvalue weighted by molar-refractivity contribution is 7.91. The lowest BCUT2D eigenvalue weighted by Gasteiger charge is -2.22. The monoisotopic (exact) mass is 318 g/mol. The summed E-state index contributed by atoms with van der Waals surface area (Å²) in [6, 6.07) is 3.72. The number of ether oxygens (including phenoxy) is 1. The van der Waals surface area contributed by atoms with Gasteiger partial charge in [-0.1, -0.05) is 11.6 Å². The zero-order chi connectivity index (χ0) is 14.8. The van der Waals surface area contributed by atoms with E-state index in [-0.39, 0.29) is 27.2 Å². The topological polar surface area (TPSA) is 80.7 Å². The summed E-state index contributed by atoms with van der Waals surface area (Å²) in [5, 5.41) is 8.99. The van der Waals surface area contributed by atoms with Gasteiger partial charge in [0, 0.05) is 13.2 Å². The number of carboxylic acids is 1. The standard InChI is InChI=1S/C13H15ClO5S/c14-11-2-1-10(13(15)16)7-12(11)20(17,18)8-9-3-5-19-6-4-9/h1-2,7,9H,3-6,8H2,(H,15,16). The molecule has 2 rings (SSSR count). The highest BCUT2D eigenvalue weighted by Gasteiger charge is 2.26. The van der Waals surface area contributed by atoms with E-state index in [0.717, 1.165) is 6.07 Å². The largest absolute Gasteiger partial charge is 0.478 e. The molecule has 1 heterocycles. The van der Waals surface area contributed by atoms with Gasteiger partial charge in [0.05, 0.1) is 21.2 Å². The Morgan fingerprint density at radius 3 is 2.60 bits per heavy atom. The summed E-state index contributed by atoms with van der Waals surface area (Å²) in [5.41, 5.74) is -0.0834. The van der Waals surface area contributed by atoms with E-state index < -0.39 is 15.8 Å². The van der Waals surface area contributed by atoms with Gasteiger partial charge in [-0.05, 0) is 37.0 Å². The molecular formula is C13H15ClO5S. The maximum absolute atomic E-state index is 12.4. The second-order valence-corrected chi connectivity index (χ2v) is 7.20. The number of hydrogen-bond acceptors (Lipinski definition) is 4. The molecule has 1 aromatic rings. The van der Waals surface area contributed by atoms with Crippen molar-refractivity contribution in [2.75, 3.05) is 19.0 Å². The fourth-order valence-electron chi connectivity index (χ4n) is 2.19. The molecule has 1 saturated heterocycles. The summed E-state index contributed by atoms with van der Waals surface area (Å²) in [6.45, 7) is 1.12. The average molecular weight is 319 g/mol. The Balaban J connectivity index is 2.28. The molecule has 0 saturated carbocycles. The van der Waals surface area contributed by atoms with Crippen molar-refractivity contribution in [3.8, 4) is 0 Å².